The lowest BCUT2D eigenvalue weighted by Crippen LogP contribution is -2.38. The quantitative estimate of drug-likeness (QED) is 0.607. The molecular formula is C19H19FN4O4S. The number of pyridine rings is 1. The molecule has 10 heteroatoms. The molecule has 0 radical (unpaired) electrons. The van der Waals surface area contributed by atoms with Crippen molar-refractivity contribution in [2.45, 2.75) is 30.3 Å². The van der Waals surface area contributed by atoms with Crippen LogP contribution in [0.5, 0.6) is 5.75 Å². The van der Waals surface area contributed by atoms with Gasteiger partial charge < -0.3 is 9.26 Å². The van der Waals surface area contributed by atoms with Crippen molar-refractivity contribution < 1.29 is 22.1 Å². The summed E-state index contributed by atoms with van der Waals surface area (Å²) in [5.41, 5.74) is 0. The van der Waals surface area contributed by atoms with Crippen molar-refractivity contribution in [3.63, 3.8) is 0 Å². The Morgan fingerprint density at radius 1 is 1.17 bits per heavy atom. The van der Waals surface area contributed by atoms with Gasteiger partial charge in [0.25, 0.3) is 5.89 Å². The molecule has 152 valence electrons. The van der Waals surface area contributed by atoms with Gasteiger partial charge in [0.05, 0.1) is 11.1 Å². The number of hydrogen-bond donors (Lipinski definition) is 0. The van der Waals surface area contributed by atoms with E-state index in [0.717, 1.165) is 12.1 Å². The van der Waals surface area contributed by atoms with Gasteiger partial charge in [0.1, 0.15) is 11.6 Å². The highest BCUT2D eigenvalue weighted by molar-refractivity contribution is 7.89. The summed E-state index contributed by atoms with van der Waals surface area (Å²) in [6, 6.07) is 8.40. The molecule has 0 N–H and O–H groups in total. The van der Waals surface area contributed by atoms with Gasteiger partial charge in [-0.05, 0) is 49.2 Å². The highest BCUT2D eigenvalue weighted by Gasteiger charge is 2.31. The molecule has 1 fully saturated rings. The Morgan fingerprint density at radius 2 is 1.93 bits per heavy atom. The molecule has 0 atom stereocenters. The summed E-state index contributed by atoms with van der Waals surface area (Å²) < 4.78 is 50.6. The molecule has 0 unspecified atom stereocenters. The Bertz CT molecular complexity index is 1050. The zero-order chi connectivity index (χ0) is 20.3. The molecule has 1 aliphatic heterocycles. The smallest absolute Gasteiger partial charge is 0.264 e. The number of aromatic nitrogens is 3. The average molecular weight is 418 g/mol. The van der Waals surface area contributed by atoms with Crippen molar-refractivity contribution in [2.75, 3.05) is 13.1 Å². The highest BCUT2D eigenvalue weighted by Crippen LogP contribution is 2.29. The van der Waals surface area contributed by atoms with Gasteiger partial charge in [-0.3, -0.25) is 4.98 Å². The third-order valence-electron chi connectivity index (χ3n) is 4.75. The van der Waals surface area contributed by atoms with Gasteiger partial charge in [-0.25, -0.2) is 12.8 Å². The second-order valence-corrected chi connectivity index (χ2v) is 8.59. The number of hydrogen-bond acceptors (Lipinski definition) is 7. The maximum absolute atomic E-state index is 13.1. The van der Waals surface area contributed by atoms with Crippen molar-refractivity contribution in [1.82, 2.24) is 19.4 Å². The Balaban J connectivity index is 1.35. The summed E-state index contributed by atoms with van der Waals surface area (Å²) in [6.45, 7) is 0.803. The molecule has 1 saturated heterocycles. The molecule has 1 aromatic carbocycles. The lowest BCUT2D eigenvalue weighted by molar-refractivity contribution is 0.241. The standard InChI is InChI=1S/C19H19FN4O4S/c20-15-3-5-17(6-4-15)29(25,26)24-10-7-14(8-11-24)19-22-18(28-23-19)13-27-16-2-1-9-21-12-16/h1-6,9,12,14H,7-8,10-11,13H2. The Kier molecular flexibility index (Phi) is 5.54. The van der Waals surface area contributed by atoms with Crippen molar-refractivity contribution in [3.8, 4) is 5.75 Å². The molecule has 3 aromatic rings. The van der Waals surface area contributed by atoms with E-state index in [1.54, 1.807) is 24.5 Å². The second kappa shape index (κ2) is 8.26. The average Bonchev–Trinajstić information content (AvgIpc) is 3.22. The number of nitrogens with zero attached hydrogens (tertiary/aromatic N) is 4. The van der Waals surface area contributed by atoms with Gasteiger partial charge in [-0.1, -0.05) is 5.16 Å². The Morgan fingerprint density at radius 3 is 2.62 bits per heavy atom. The normalized spacial score (nSPS) is 16.0. The molecule has 2 aromatic heterocycles. The Hall–Kier alpha value is -2.85. The first-order chi connectivity index (χ1) is 14.0. The van der Waals surface area contributed by atoms with Gasteiger partial charge in [0.15, 0.2) is 12.4 Å². The number of benzene rings is 1. The maximum Gasteiger partial charge on any atom is 0.264 e. The summed E-state index contributed by atoms with van der Waals surface area (Å²) in [5.74, 6) is 1.04. The second-order valence-electron chi connectivity index (χ2n) is 6.66. The van der Waals surface area contributed by atoms with Gasteiger partial charge in [-0.2, -0.15) is 9.29 Å². The van der Waals surface area contributed by atoms with E-state index in [4.69, 9.17) is 9.26 Å². The molecule has 29 heavy (non-hydrogen) atoms. The summed E-state index contributed by atoms with van der Waals surface area (Å²) in [5, 5.41) is 4.02. The van der Waals surface area contributed by atoms with Crippen LogP contribution in [0, 0.1) is 5.82 Å². The van der Waals surface area contributed by atoms with Crippen LogP contribution >= 0.6 is 0 Å². The predicted octanol–water partition coefficient (Wildman–Crippen LogP) is 2.75. The minimum absolute atomic E-state index is 0.00515. The van der Waals surface area contributed by atoms with E-state index in [1.807, 2.05) is 0 Å². The van der Waals surface area contributed by atoms with Crippen LogP contribution in [0.2, 0.25) is 0 Å². The van der Waals surface area contributed by atoms with Crippen molar-refractivity contribution in [1.29, 1.82) is 0 Å². The van der Waals surface area contributed by atoms with Crippen LogP contribution in [0.4, 0.5) is 4.39 Å². The molecule has 0 spiro atoms. The van der Waals surface area contributed by atoms with Crippen LogP contribution in [-0.2, 0) is 16.6 Å². The molecule has 4 rings (SSSR count). The Labute approximate surface area is 167 Å². The lowest BCUT2D eigenvalue weighted by Gasteiger charge is -2.29. The molecule has 3 heterocycles. The summed E-state index contributed by atoms with van der Waals surface area (Å²) in [6.07, 6.45) is 4.39. The number of piperidine rings is 1. The third-order valence-corrected chi connectivity index (χ3v) is 6.66. The summed E-state index contributed by atoms with van der Waals surface area (Å²) in [7, 11) is -3.64. The number of rotatable bonds is 6. The maximum atomic E-state index is 13.1. The van der Waals surface area contributed by atoms with Crippen molar-refractivity contribution in [3.05, 3.63) is 66.3 Å². The van der Waals surface area contributed by atoms with Crippen molar-refractivity contribution >= 4 is 10.0 Å². The fraction of sp³-hybridized carbons (Fsp3) is 0.316. The third kappa shape index (κ3) is 4.43. The van der Waals surface area contributed by atoms with E-state index in [0.29, 0.717) is 43.4 Å². The van der Waals surface area contributed by atoms with Gasteiger partial charge in [0, 0.05) is 25.2 Å². The van der Waals surface area contributed by atoms with Crippen LogP contribution in [0.15, 0.2) is 58.2 Å². The first-order valence-corrected chi connectivity index (χ1v) is 10.6. The van der Waals surface area contributed by atoms with Crippen LogP contribution in [0.1, 0.15) is 30.5 Å². The summed E-state index contributed by atoms with van der Waals surface area (Å²) in [4.78, 5) is 8.43. The summed E-state index contributed by atoms with van der Waals surface area (Å²) >= 11 is 0. The SMILES string of the molecule is O=S(=O)(c1ccc(F)cc1)N1CCC(c2noc(COc3cccnc3)n2)CC1. The van der Waals surface area contributed by atoms with Crippen molar-refractivity contribution in [2.24, 2.45) is 0 Å². The van der Waals surface area contributed by atoms with E-state index in [9.17, 15) is 12.8 Å². The van der Waals surface area contributed by atoms with Crippen LogP contribution < -0.4 is 4.74 Å². The van der Waals surface area contributed by atoms with Crippen LogP contribution in [-0.4, -0.2) is 40.9 Å². The molecule has 0 amide bonds. The van der Waals surface area contributed by atoms with Crippen LogP contribution in [0.3, 0.4) is 0 Å². The first-order valence-electron chi connectivity index (χ1n) is 9.13. The fourth-order valence-corrected chi connectivity index (χ4v) is 4.65. The molecule has 8 nitrogen and oxygen atoms in total. The number of ether oxygens (including phenoxy) is 1. The minimum Gasteiger partial charge on any atom is -0.482 e. The zero-order valence-electron chi connectivity index (χ0n) is 15.4. The van der Waals surface area contributed by atoms with E-state index in [1.165, 1.54) is 16.4 Å². The topological polar surface area (TPSA) is 98.4 Å². The lowest BCUT2D eigenvalue weighted by atomic mass is 9.98. The van der Waals surface area contributed by atoms with E-state index >= 15 is 0 Å². The highest BCUT2D eigenvalue weighted by atomic mass is 32.2. The number of halogens is 1. The van der Waals surface area contributed by atoms with Crippen LogP contribution in [0.25, 0.3) is 0 Å². The van der Waals surface area contributed by atoms with Gasteiger partial charge in [-0.15, -0.1) is 0 Å². The van der Waals surface area contributed by atoms with Gasteiger partial charge in [0.2, 0.25) is 10.0 Å². The number of sulfonamides is 1. The fourth-order valence-electron chi connectivity index (χ4n) is 3.18. The van der Waals surface area contributed by atoms with E-state index in [2.05, 4.69) is 15.1 Å². The molecule has 0 aliphatic carbocycles. The molecular weight excluding hydrogens is 399 g/mol. The van der Waals surface area contributed by atoms with E-state index < -0.39 is 15.8 Å². The monoisotopic (exact) mass is 418 g/mol. The largest absolute Gasteiger partial charge is 0.482 e. The minimum atomic E-state index is -3.64. The predicted molar refractivity (Wildman–Crippen MR) is 100 cm³/mol. The first kappa shape index (κ1) is 19.5. The molecule has 1 aliphatic rings. The molecule has 0 bridgehead atoms. The van der Waals surface area contributed by atoms with E-state index in [-0.39, 0.29) is 17.4 Å². The zero-order valence-corrected chi connectivity index (χ0v) is 16.3. The molecule has 0 saturated carbocycles. The van der Waals surface area contributed by atoms with Gasteiger partial charge >= 0.3 is 0 Å².